The van der Waals surface area contributed by atoms with Gasteiger partial charge in [-0.2, -0.15) is 0 Å². The van der Waals surface area contributed by atoms with Crippen LogP contribution < -0.4 is 0 Å². The predicted molar refractivity (Wildman–Crippen MR) is 270 cm³/mol. The van der Waals surface area contributed by atoms with Crippen LogP contribution in [-0.2, 0) is 14.2 Å². The monoisotopic (exact) mass is 847 g/mol. The number of ether oxygens (including phenoxy) is 3. The first-order valence-electron chi connectivity index (χ1n) is 28.3. The molecule has 60 heavy (non-hydrogen) atoms. The Morgan fingerprint density at radius 1 is 0.250 bits per heavy atom. The van der Waals surface area contributed by atoms with Gasteiger partial charge in [0.15, 0.2) is 0 Å². The van der Waals surface area contributed by atoms with Gasteiger partial charge in [-0.15, -0.1) is 0 Å². The lowest BCUT2D eigenvalue weighted by Gasteiger charge is -2.18. The second kappa shape index (κ2) is 56.6. The molecule has 0 bridgehead atoms. The van der Waals surface area contributed by atoms with E-state index >= 15 is 0 Å². The van der Waals surface area contributed by atoms with Gasteiger partial charge in [0.25, 0.3) is 0 Å². The van der Waals surface area contributed by atoms with Crippen molar-refractivity contribution in [3.05, 3.63) is 12.2 Å². The van der Waals surface area contributed by atoms with Crippen LogP contribution in [0, 0.1) is 0 Å². The van der Waals surface area contributed by atoms with Crippen molar-refractivity contribution in [2.75, 3.05) is 33.0 Å². The summed E-state index contributed by atoms with van der Waals surface area (Å²) in [6, 6.07) is 0. The first-order chi connectivity index (χ1) is 29.8. The van der Waals surface area contributed by atoms with Gasteiger partial charge in [0.2, 0.25) is 0 Å². The van der Waals surface area contributed by atoms with E-state index in [1.54, 1.807) is 0 Å². The molecule has 0 aliphatic heterocycles. The smallest absolute Gasteiger partial charge is 0.104 e. The lowest BCUT2D eigenvalue weighted by Crippen LogP contribution is -2.26. The van der Waals surface area contributed by atoms with Crippen LogP contribution in [0.5, 0.6) is 0 Å². The molecule has 0 N–H and O–H groups in total. The number of hydrogen-bond acceptors (Lipinski definition) is 3. The second-order valence-corrected chi connectivity index (χ2v) is 19.2. The third kappa shape index (κ3) is 53.8. The lowest BCUT2D eigenvalue weighted by molar-refractivity contribution is -0.0616. The molecule has 0 aromatic rings. The lowest BCUT2D eigenvalue weighted by atomic mass is 10.0. The van der Waals surface area contributed by atoms with E-state index in [1.807, 2.05) is 0 Å². The molecule has 3 heteroatoms. The van der Waals surface area contributed by atoms with E-state index in [0.717, 1.165) is 26.2 Å². The molecular formula is C57H114O3. The van der Waals surface area contributed by atoms with Crippen LogP contribution in [0.25, 0.3) is 0 Å². The summed E-state index contributed by atoms with van der Waals surface area (Å²) in [4.78, 5) is 0. The van der Waals surface area contributed by atoms with Crippen LogP contribution in [0.1, 0.15) is 316 Å². The molecule has 0 fully saturated rings. The van der Waals surface area contributed by atoms with Crippen LogP contribution in [-0.4, -0.2) is 39.1 Å². The molecule has 0 rings (SSSR count). The maximum Gasteiger partial charge on any atom is 0.104 e. The summed E-state index contributed by atoms with van der Waals surface area (Å²) in [5.41, 5.74) is 0. The van der Waals surface area contributed by atoms with E-state index < -0.39 is 0 Å². The van der Waals surface area contributed by atoms with Crippen LogP contribution >= 0.6 is 0 Å². The van der Waals surface area contributed by atoms with Crippen LogP contribution in [0.3, 0.4) is 0 Å². The molecule has 0 unspecified atom stereocenters. The summed E-state index contributed by atoms with van der Waals surface area (Å²) in [6.07, 6.45) is 68.8. The van der Waals surface area contributed by atoms with Gasteiger partial charge < -0.3 is 14.2 Å². The molecule has 0 atom stereocenters. The normalized spacial score (nSPS) is 11.9. The van der Waals surface area contributed by atoms with Gasteiger partial charge in [-0.05, 0) is 44.9 Å². The van der Waals surface area contributed by atoms with Crippen molar-refractivity contribution >= 4 is 0 Å². The van der Waals surface area contributed by atoms with Crippen molar-refractivity contribution in [3.63, 3.8) is 0 Å². The number of unbranched alkanes of at least 4 members (excludes halogenated alkanes) is 42. The molecule has 0 amide bonds. The van der Waals surface area contributed by atoms with Gasteiger partial charge in [-0.1, -0.05) is 283 Å². The third-order valence-corrected chi connectivity index (χ3v) is 12.9. The van der Waals surface area contributed by atoms with Crippen molar-refractivity contribution in [1.82, 2.24) is 0 Å². The Bertz CT molecular complexity index is 712. The molecule has 0 radical (unpaired) electrons. The Labute approximate surface area is 380 Å². The zero-order chi connectivity index (χ0) is 43.2. The van der Waals surface area contributed by atoms with Crippen molar-refractivity contribution in [2.45, 2.75) is 322 Å². The topological polar surface area (TPSA) is 27.7 Å². The fourth-order valence-corrected chi connectivity index (χ4v) is 8.68. The molecule has 360 valence electrons. The van der Waals surface area contributed by atoms with Gasteiger partial charge in [-0.25, -0.2) is 0 Å². The van der Waals surface area contributed by atoms with Gasteiger partial charge in [0, 0.05) is 19.8 Å². The quantitative estimate of drug-likeness (QED) is 0.0451. The minimum Gasteiger partial charge on any atom is -0.379 e. The Balaban J connectivity index is 3.99. The summed E-state index contributed by atoms with van der Waals surface area (Å²) >= 11 is 0. The number of hydrogen-bond donors (Lipinski definition) is 0. The SMILES string of the molecule is CCCCCCCCC=CCCCCCCCCOC(COCCCCCCCCCCCCCCCCCC)COCCCCCCCCCCCCCCCCCC. The molecule has 3 nitrogen and oxygen atoms in total. The van der Waals surface area contributed by atoms with Crippen molar-refractivity contribution in [3.8, 4) is 0 Å². The second-order valence-electron chi connectivity index (χ2n) is 19.2. The Morgan fingerprint density at radius 2 is 0.467 bits per heavy atom. The van der Waals surface area contributed by atoms with Crippen molar-refractivity contribution < 1.29 is 14.2 Å². The molecule has 0 spiro atoms. The molecule has 0 aliphatic carbocycles. The zero-order valence-electron chi connectivity index (χ0n) is 42.0. The highest BCUT2D eigenvalue weighted by Gasteiger charge is 2.10. The average Bonchev–Trinajstić information content (AvgIpc) is 3.26. The fourth-order valence-electron chi connectivity index (χ4n) is 8.68. The van der Waals surface area contributed by atoms with E-state index in [1.165, 1.54) is 289 Å². The molecule has 0 aliphatic rings. The standard InChI is InChI=1S/C57H114O3/c1-4-7-10-13-16-19-22-25-28-31-34-37-40-43-46-49-52-58-55-57(60-54-51-48-45-42-39-36-33-30-27-24-21-18-15-12-9-6-3)56-59-53-50-47-44-41-38-35-32-29-26-23-20-17-14-11-8-5-2/h27,30,57H,4-26,28-29,31-56H2,1-3H3. The maximum absolute atomic E-state index is 6.37. The third-order valence-electron chi connectivity index (χ3n) is 12.9. The van der Waals surface area contributed by atoms with Gasteiger partial charge in [0.05, 0.1) is 13.2 Å². The first kappa shape index (κ1) is 59.6. The minimum absolute atomic E-state index is 0.0789. The van der Waals surface area contributed by atoms with E-state index in [2.05, 4.69) is 32.9 Å². The highest BCUT2D eigenvalue weighted by molar-refractivity contribution is 4.81. The van der Waals surface area contributed by atoms with E-state index in [9.17, 15) is 0 Å². The Kier molecular flexibility index (Phi) is 56.3. The zero-order valence-corrected chi connectivity index (χ0v) is 42.0. The highest BCUT2D eigenvalue weighted by atomic mass is 16.6. The van der Waals surface area contributed by atoms with E-state index in [4.69, 9.17) is 14.2 Å². The molecule has 0 heterocycles. The summed E-state index contributed by atoms with van der Waals surface area (Å²) in [5, 5.41) is 0. The summed E-state index contributed by atoms with van der Waals surface area (Å²) in [7, 11) is 0. The number of rotatable bonds is 55. The summed E-state index contributed by atoms with van der Waals surface area (Å²) in [5.74, 6) is 0. The fraction of sp³-hybridized carbons (Fsp3) is 0.965. The first-order valence-corrected chi connectivity index (χ1v) is 28.3. The molecule has 0 saturated heterocycles. The largest absolute Gasteiger partial charge is 0.379 e. The van der Waals surface area contributed by atoms with Crippen molar-refractivity contribution in [1.29, 1.82) is 0 Å². The molecule has 0 aromatic heterocycles. The average molecular weight is 848 g/mol. The summed E-state index contributed by atoms with van der Waals surface area (Å²) < 4.78 is 18.7. The molecule has 0 aromatic carbocycles. The van der Waals surface area contributed by atoms with E-state index in [0.29, 0.717) is 13.2 Å². The van der Waals surface area contributed by atoms with Gasteiger partial charge in [0.1, 0.15) is 6.10 Å². The maximum atomic E-state index is 6.37. The van der Waals surface area contributed by atoms with Gasteiger partial charge in [-0.3, -0.25) is 0 Å². The van der Waals surface area contributed by atoms with Crippen LogP contribution in [0.4, 0.5) is 0 Å². The van der Waals surface area contributed by atoms with Crippen LogP contribution in [0.2, 0.25) is 0 Å². The molecule has 0 saturated carbocycles. The summed E-state index contributed by atoms with van der Waals surface area (Å²) in [6.45, 7) is 10.9. The van der Waals surface area contributed by atoms with Gasteiger partial charge >= 0.3 is 0 Å². The Hall–Kier alpha value is -0.380. The highest BCUT2D eigenvalue weighted by Crippen LogP contribution is 2.16. The van der Waals surface area contributed by atoms with Crippen molar-refractivity contribution in [2.24, 2.45) is 0 Å². The Morgan fingerprint density at radius 3 is 0.733 bits per heavy atom. The molecular weight excluding hydrogens is 733 g/mol. The number of allylic oxidation sites excluding steroid dienone is 2. The van der Waals surface area contributed by atoms with Crippen LogP contribution in [0.15, 0.2) is 12.2 Å². The predicted octanol–water partition coefficient (Wildman–Crippen LogP) is 20.0. The minimum atomic E-state index is 0.0789. The van der Waals surface area contributed by atoms with E-state index in [-0.39, 0.29) is 6.10 Å².